The molecule has 0 atom stereocenters. The zero-order valence-corrected chi connectivity index (χ0v) is 20.1. The SMILES string of the molecule is COc1ccc(/C=C/C(=O)c2ccccc2[N+](=O)[O-])cc1COc1cc(C)ccc1C(C)(C)C. The van der Waals surface area contributed by atoms with Crippen molar-refractivity contribution in [2.24, 2.45) is 0 Å². The molecule has 0 bridgehead atoms. The lowest BCUT2D eigenvalue weighted by Crippen LogP contribution is -2.13. The average molecular weight is 460 g/mol. The first-order valence-electron chi connectivity index (χ1n) is 11.0. The van der Waals surface area contributed by atoms with Crippen LogP contribution in [0.4, 0.5) is 5.69 Å². The summed E-state index contributed by atoms with van der Waals surface area (Å²) < 4.78 is 11.7. The molecule has 0 heterocycles. The van der Waals surface area contributed by atoms with Gasteiger partial charge in [0.05, 0.1) is 17.6 Å². The third-order valence-corrected chi connectivity index (χ3v) is 5.43. The van der Waals surface area contributed by atoms with E-state index in [0.29, 0.717) is 5.75 Å². The molecule has 3 aromatic rings. The number of benzene rings is 3. The molecular weight excluding hydrogens is 430 g/mol. The Hall–Kier alpha value is -3.93. The van der Waals surface area contributed by atoms with Crippen LogP contribution in [0.1, 0.15) is 53.4 Å². The number of nitrogens with zero attached hydrogens (tertiary/aromatic N) is 1. The first-order valence-corrected chi connectivity index (χ1v) is 11.0. The van der Waals surface area contributed by atoms with Gasteiger partial charge in [-0.05, 0) is 59.4 Å². The van der Waals surface area contributed by atoms with Gasteiger partial charge in [-0.25, -0.2) is 0 Å². The number of hydrogen-bond acceptors (Lipinski definition) is 5. The summed E-state index contributed by atoms with van der Waals surface area (Å²) in [5.41, 5.74) is 3.57. The number of aryl methyl sites for hydroxylation is 1. The highest BCUT2D eigenvalue weighted by molar-refractivity contribution is 6.09. The van der Waals surface area contributed by atoms with E-state index in [4.69, 9.17) is 9.47 Å². The number of carbonyl (C=O) groups is 1. The quantitative estimate of drug-likeness (QED) is 0.162. The van der Waals surface area contributed by atoms with Crippen LogP contribution in [0, 0.1) is 17.0 Å². The lowest BCUT2D eigenvalue weighted by molar-refractivity contribution is -0.385. The second-order valence-electron chi connectivity index (χ2n) is 9.08. The molecule has 176 valence electrons. The molecule has 6 heteroatoms. The number of methoxy groups -OCH3 is 1. The molecule has 3 aromatic carbocycles. The van der Waals surface area contributed by atoms with E-state index in [1.807, 2.05) is 31.2 Å². The zero-order valence-electron chi connectivity index (χ0n) is 20.1. The minimum atomic E-state index is -0.555. The fourth-order valence-electron chi connectivity index (χ4n) is 3.64. The van der Waals surface area contributed by atoms with Crippen LogP contribution in [0.3, 0.4) is 0 Å². The molecule has 0 aliphatic rings. The Bertz CT molecular complexity index is 1240. The summed E-state index contributed by atoms with van der Waals surface area (Å²) in [4.78, 5) is 23.2. The predicted octanol–water partition coefficient (Wildman–Crippen LogP) is 6.68. The van der Waals surface area contributed by atoms with Gasteiger partial charge in [0.1, 0.15) is 18.1 Å². The van der Waals surface area contributed by atoms with Crippen LogP contribution in [0.25, 0.3) is 6.08 Å². The van der Waals surface area contributed by atoms with Crippen LogP contribution in [0.15, 0.2) is 66.7 Å². The maximum absolute atomic E-state index is 12.6. The van der Waals surface area contributed by atoms with E-state index in [1.54, 1.807) is 19.3 Å². The van der Waals surface area contributed by atoms with Gasteiger partial charge in [-0.3, -0.25) is 14.9 Å². The third-order valence-electron chi connectivity index (χ3n) is 5.43. The highest BCUT2D eigenvalue weighted by atomic mass is 16.6. The number of para-hydroxylation sites is 1. The molecule has 34 heavy (non-hydrogen) atoms. The van der Waals surface area contributed by atoms with Crippen LogP contribution in [-0.2, 0) is 12.0 Å². The molecule has 0 saturated heterocycles. The highest BCUT2D eigenvalue weighted by Gasteiger charge is 2.20. The van der Waals surface area contributed by atoms with Crippen molar-refractivity contribution in [3.63, 3.8) is 0 Å². The molecular formula is C28H29NO5. The molecule has 0 fully saturated rings. The number of nitro benzene ring substituents is 1. The van der Waals surface area contributed by atoms with Gasteiger partial charge in [0.15, 0.2) is 5.78 Å². The molecule has 0 amide bonds. The number of nitro groups is 1. The van der Waals surface area contributed by atoms with Gasteiger partial charge in [0, 0.05) is 11.6 Å². The van der Waals surface area contributed by atoms with Gasteiger partial charge in [-0.15, -0.1) is 0 Å². The van der Waals surface area contributed by atoms with Gasteiger partial charge in [0.2, 0.25) is 0 Å². The summed E-state index contributed by atoms with van der Waals surface area (Å²) in [6.07, 6.45) is 2.97. The molecule has 0 aromatic heterocycles. The number of ketones is 1. The maximum atomic E-state index is 12.6. The molecule has 0 N–H and O–H groups in total. The van der Waals surface area contributed by atoms with Gasteiger partial charge >= 0.3 is 0 Å². The summed E-state index contributed by atoms with van der Waals surface area (Å²) in [5.74, 6) is 1.06. The van der Waals surface area contributed by atoms with E-state index in [1.165, 1.54) is 24.3 Å². The average Bonchev–Trinajstić information content (AvgIpc) is 2.80. The summed E-state index contributed by atoms with van der Waals surface area (Å²) in [7, 11) is 1.60. The Kier molecular flexibility index (Phi) is 7.51. The van der Waals surface area contributed by atoms with E-state index < -0.39 is 10.7 Å². The fraction of sp³-hybridized carbons (Fsp3) is 0.250. The Balaban J connectivity index is 1.84. The number of hydrogen-bond donors (Lipinski definition) is 0. The maximum Gasteiger partial charge on any atom is 0.280 e. The molecule has 0 aliphatic carbocycles. The van der Waals surface area contributed by atoms with Gasteiger partial charge < -0.3 is 9.47 Å². The van der Waals surface area contributed by atoms with Crippen molar-refractivity contribution < 1.29 is 19.2 Å². The van der Waals surface area contributed by atoms with Gasteiger partial charge in [0.25, 0.3) is 5.69 Å². The van der Waals surface area contributed by atoms with E-state index >= 15 is 0 Å². The van der Waals surface area contributed by atoms with E-state index in [9.17, 15) is 14.9 Å². The van der Waals surface area contributed by atoms with Crippen molar-refractivity contribution in [2.75, 3.05) is 7.11 Å². The number of carbonyl (C=O) groups excluding carboxylic acids is 1. The number of ether oxygens (including phenoxy) is 2. The van der Waals surface area contributed by atoms with Crippen LogP contribution in [-0.4, -0.2) is 17.8 Å². The smallest absolute Gasteiger partial charge is 0.280 e. The summed E-state index contributed by atoms with van der Waals surface area (Å²) >= 11 is 0. The van der Waals surface area contributed by atoms with E-state index in [0.717, 1.165) is 28.0 Å². The van der Waals surface area contributed by atoms with Crippen molar-refractivity contribution in [2.45, 2.75) is 39.7 Å². The number of rotatable bonds is 8. The molecule has 6 nitrogen and oxygen atoms in total. The molecule has 0 saturated carbocycles. The first-order chi connectivity index (χ1) is 16.1. The molecule has 0 radical (unpaired) electrons. The lowest BCUT2D eigenvalue weighted by atomic mass is 9.86. The van der Waals surface area contributed by atoms with E-state index in [-0.39, 0.29) is 23.3 Å². The molecule has 0 aliphatic heterocycles. The summed E-state index contributed by atoms with van der Waals surface area (Å²) in [6, 6.07) is 17.6. The third kappa shape index (κ3) is 5.90. The van der Waals surface area contributed by atoms with Gasteiger partial charge in [-0.1, -0.05) is 57.2 Å². The van der Waals surface area contributed by atoms with Crippen LogP contribution < -0.4 is 9.47 Å². The van der Waals surface area contributed by atoms with Crippen molar-refractivity contribution in [1.29, 1.82) is 0 Å². The van der Waals surface area contributed by atoms with Crippen molar-refractivity contribution in [3.8, 4) is 11.5 Å². The standard InChI is InChI=1S/C28H29NO5/c1-19-10-13-23(28(2,3)4)27(16-19)34-18-21-17-20(12-15-26(21)33-5)11-14-25(30)22-8-6-7-9-24(22)29(31)32/h6-17H,18H2,1-5H3/b14-11+. The summed E-state index contributed by atoms with van der Waals surface area (Å²) in [6.45, 7) is 8.74. The molecule has 0 spiro atoms. The van der Waals surface area contributed by atoms with Crippen molar-refractivity contribution in [1.82, 2.24) is 0 Å². The van der Waals surface area contributed by atoms with Crippen LogP contribution in [0.5, 0.6) is 11.5 Å². The Morgan fingerprint density at radius 2 is 1.76 bits per heavy atom. The fourth-order valence-corrected chi connectivity index (χ4v) is 3.64. The monoisotopic (exact) mass is 459 g/mol. The predicted molar refractivity (Wildman–Crippen MR) is 134 cm³/mol. The number of allylic oxidation sites excluding steroid dienone is 1. The van der Waals surface area contributed by atoms with Crippen molar-refractivity contribution >= 4 is 17.5 Å². The van der Waals surface area contributed by atoms with Crippen LogP contribution >= 0.6 is 0 Å². The Morgan fingerprint density at radius 3 is 2.44 bits per heavy atom. The molecule has 0 unspecified atom stereocenters. The first kappa shape index (κ1) is 24.7. The zero-order chi connectivity index (χ0) is 24.9. The molecule has 3 rings (SSSR count). The lowest BCUT2D eigenvalue weighted by Gasteiger charge is -2.23. The Labute approximate surface area is 200 Å². The minimum Gasteiger partial charge on any atom is -0.496 e. The van der Waals surface area contributed by atoms with Crippen molar-refractivity contribution in [3.05, 3.63) is 105 Å². The second kappa shape index (κ2) is 10.3. The van der Waals surface area contributed by atoms with E-state index in [2.05, 4.69) is 32.9 Å². The minimum absolute atomic E-state index is 0.0509. The normalized spacial score (nSPS) is 11.4. The Morgan fingerprint density at radius 1 is 1.03 bits per heavy atom. The largest absolute Gasteiger partial charge is 0.496 e. The highest BCUT2D eigenvalue weighted by Crippen LogP contribution is 2.33. The summed E-state index contributed by atoms with van der Waals surface area (Å²) in [5, 5.41) is 11.2. The van der Waals surface area contributed by atoms with Crippen LogP contribution in [0.2, 0.25) is 0 Å². The van der Waals surface area contributed by atoms with Gasteiger partial charge in [-0.2, -0.15) is 0 Å². The second-order valence-corrected chi connectivity index (χ2v) is 9.08. The topological polar surface area (TPSA) is 78.7 Å².